The van der Waals surface area contributed by atoms with Crippen LogP contribution in [-0.4, -0.2) is 44.8 Å². The van der Waals surface area contributed by atoms with E-state index in [1.54, 1.807) is 54.6 Å². The average Bonchev–Trinajstić information content (AvgIpc) is 3.57. The number of carbonyl (C=O) groups is 1. The minimum Gasteiger partial charge on any atom is -0.445 e. The number of ether oxygens (including phenoxy) is 2. The molecule has 0 spiro atoms. The van der Waals surface area contributed by atoms with Gasteiger partial charge in [-0.2, -0.15) is 31.6 Å². The third-order valence-electron chi connectivity index (χ3n) is 7.94. The monoisotopic (exact) mass is 633 g/mol. The summed E-state index contributed by atoms with van der Waals surface area (Å²) in [4.78, 5) is 15.3. The molecule has 8 nitrogen and oxygen atoms in total. The van der Waals surface area contributed by atoms with E-state index in [0.717, 1.165) is 5.56 Å². The molecule has 0 radical (unpaired) electrons. The van der Waals surface area contributed by atoms with Crippen LogP contribution < -0.4 is 0 Å². The van der Waals surface area contributed by atoms with Gasteiger partial charge in [0.1, 0.15) is 6.61 Å². The van der Waals surface area contributed by atoms with Crippen molar-refractivity contribution in [1.29, 1.82) is 0 Å². The Balaban J connectivity index is 1.49. The summed E-state index contributed by atoms with van der Waals surface area (Å²) in [5.41, 5.74) is -2.98. The van der Waals surface area contributed by atoms with Gasteiger partial charge in [-0.3, -0.25) is 4.90 Å². The minimum absolute atomic E-state index is 0.0321. The Labute approximate surface area is 254 Å². The molecule has 2 heterocycles. The van der Waals surface area contributed by atoms with Crippen LogP contribution in [0.4, 0.5) is 31.1 Å². The number of hydrogen-bond donors (Lipinski definition) is 1. The fraction of sp³-hybridized carbons (Fsp3) is 0.355. The average molecular weight is 634 g/mol. The van der Waals surface area contributed by atoms with Crippen molar-refractivity contribution in [2.75, 3.05) is 13.2 Å². The van der Waals surface area contributed by atoms with Crippen molar-refractivity contribution in [3.8, 4) is 0 Å². The van der Waals surface area contributed by atoms with Crippen molar-refractivity contribution in [2.45, 2.75) is 56.3 Å². The van der Waals surface area contributed by atoms with E-state index >= 15 is 0 Å². The summed E-state index contributed by atoms with van der Waals surface area (Å²) in [7, 11) is 0. The number of nitrogens with one attached hydrogen (secondary N) is 1. The molecule has 1 aliphatic rings. The smallest absolute Gasteiger partial charge is 0.416 e. The normalized spacial score (nSPS) is 19.7. The van der Waals surface area contributed by atoms with Crippen LogP contribution >= 0.6 is 0 Å². The van der Waals surface area contributed by atoms with Gasteiger partial charge in [-0.25, -0.2) is 4.79 Å². The number of tetrazole rings is 1. The number of aromatic nitrogens is 4. The van der Waals surface area contributed by atoms with E-state index < -0.39 is 41.2 Å². The van der Waals surface area contributed by atoms with Crippen molar-refractivity contribution in [1.82, 2.24) is 25.5 Å². The van der Waals surface area contributed by atoms with Gasteiger partial charge in [0.2, 0.25) is 0 Å². The molecule has 1 N–H and O–H groups in total. The summed E-state index contributed by atoms with van der Waals surface area (Å²) in [6.45, 7) is 1.17. The van der Waals surface area contributed by atoms with E-state index in [1.807, 2.05) is 6.07 Å². The van der Waals surface area contributed by atoms with Crippen molar-refractivity contribution >= 4 is 6.09 Å². The highest BCUT2D eigenvalue weighted by Gasteiger charge is 2.48. The molecule has 45 heavy (non-hydrogen) atoms. The first-order chi connectivity index (χ1) is 21.4. The SMILES string of the molecule is CC(OC[C@@]1(c2ccccc2)CCC(c2nn[nH]n2)CN1C(=O)OCc1ccccc1)c1cc(C(F)(F)F)cc(C(F)(F)F)c1. The predicted octanol–water partition coefficient (Wildman–Crippen LogP) is 7.43. The highest BCUT2D eigenvalue weighted by Crippen LogP contribution is 2.44. The molecule has 1 amide bonds. The Bertz CT molecular complexity index is 1540. The number of piperidine rings is 1. The van der Waals surface area contributed by atoms with Gasteiger partial charge >= 0.3 is 18.4 Å². The molecule has 2 unspecified atom stereocenters. The molecule has 14 heteroatoms. The van der Waals surface area contributed by atoms with Crippen LogP contribution in [0.5, 0.6) is 0 Å². The molecule has 1 aromatic heterocycles. The van der Waals surface area contributed by atoms with Gasteiger partial charge in [0.15, 0.2) is 5.82 Å². The summed E-state index contributed by atoms with van der Waals surface area (Å²) in [6.07, 6.45) is -11.1. The number of nitrogens with zero attached hydrogens (tertiary/aromatic N) is 4. The lowest BCUT2D eigenvalue weighted by atomic mass is 9.77. The first kappa shape index (κ1) is 31.9. The van der Waals surface area contributed by atoms with Gasteiger partial charge in [-0.15, -0.1) is 10.2 Å². The van der Waals surface area contributed by atoms with Crippen LogP contribution in [0.15, 0.2) is 78.9 Å². The predicted molar refractivity (Wildman–Crippen MR) is 148 cm³/mol. The zero-order valence-electron chi connectivity index (χ0n) is 24.0. The lowest BCUT2D eigenvalue weighted by Gasteiger charge is -2.48. The Kier molecular flexibility index (Phi) is 9.14. The van der Waals surface area contributed by atoms with E-state index in [-0.39, 0.29) is 37.3 Å². The Hall–Kier alpha value is -4.46. The zero-order chi connectivity index (χ0) is 32.2. The van der Waals surface area contributed by atoms with Gasteiger partial charge in [-0.05, 0) is 54.7 Å². The fourth-order valence-corrected chi connectivity index (χ4v) is 5.49. The molecule has 5 rings (SSSR count). The first-order valence-corrected chi connectivity index (χ1v) is 14.0. The molecule has 238 valence electrons. The third-order valence-corrected chi connectivity index (χ3v) is 7.94. The summed E-state index contributed by atoms with van der Waals surface area (Å²) in [6, 6.07) is 19.3. The molecule has 1 fully saturated rings. The van der Waals surface area contributed by atoms with Gasteiger partial charge in [0.25, 0.3) is 0 Å². The maximum atomic E-state index is 13.8. The van der Waals surface area contributed by atoms with Crippen molar-refractivity contribution in [2.24, 2.45) is 0 Å². The second-order valence-corrected chi connectivity index (χ2v) is 10.8. The number of alkyl halides is 6. The van der Waals surface area contributed by atoms with Crippen LogP contribution in [0.25, 0.3) is 0 Å². The molecule has 1 aliphatic heterocycles. The Morgan fingerprint density at radius 1 is 0.978 bits per heavy atom. The van der Waals surface area contributed by atoms with Crippen LogP contribution in [0, 0.1) is 0 Å². The second kappa shape index (κ2) is 12.9. The van der Waals surface area contributed by atoms with Crippen LogP contribution in [-0.2, 0) is 34.0 Å². The maximum Gasteiger partial charge on any atom is 0.416 e. The first-order valence-electron chi connectivity index (χ1n) is 14.0. The number of aromatic amines is 1. The highest BCUT2D eigenvalue weighted by atomic mass is 19.4. The van der Waals surface area contributed by atoms with Gasteiger partial charge in [0, 0.05) is 12.5 Å². The Morgan fingerprint density at radius 3 is 2.18 bits per heavy atom. The van der Waals surface area contributed by atoms with Crippen LogP contribution in [0.3, 0.4) is 0 Å². The number of rotatable bonds is 8. The summed E-state index contributed by atoms with van der Waals surface area (Å²) in [5, 5.41) is 14.2. The number of amides is 1. The van der Waals surface area contributed by atoms with Crippen molar-refractivity contribution < 1.29 is 40.6 Å². The largest absolute Gasteiger partial charge is 0.445 e. The van der Waals surface area contributed by atoms with Gasteiger partial charge in [-0.1, -0.05) is 65.9 Å². The van der Waals surface area contributed by atoms with Crippen molar-refractivity contribution in [3.05, 3.63) is 113 Å². The summed E-state index contributed by atoms with van der Waals surface area (Å²) >= 11 is 0. The van der Waals surface area contributed by atoms with E-state index in [0.29, 0.717) is 36.4 Å². The molecule has 0 aliphatic carbocycles. The van der Waals surface area contributed by atoms with E-state index in [4.69, 9.17) is 9.47 Å². The highest BCUT2D eigenvalue weighted by molar-refractivity contribution is 5.70. The summed E-state index contributed by atoms with van der Waals surface area (Å²) < 4.78 is 93.2. The summed E-state index contributed by atoms with van der Waals surface area (Å²) in [5.74, 6) is 0.0514. The number of carbonyl (C=O) groups excluding carboxylic acids is 1. The fourth-order valence-electron chi connectivity index (χ4n) is 5.49. The number of hydrogen-bond acceptors (Lipinski definition) is 6. The van der Waals surface area contributed by atoms with E-state index in [9.17, 15) is 31.1 Å². The molecule has 1 saturated heterocycles. The zero-order valence-corrected chi connectivity index (χ0v) is 24.0. The quantitative estimate of drug-likeness (QED) is 0.203. The number of H-pyrrole nitrogens is 1. The molecular formula is C31H29F6N5O3. The maximum absolute atomic E-state index is 13.8. The molecule has 3 atom stereocenters. The number of halogens is 6. The van der Waals surface area contributed by atoms with Crippen LogP contribution in [0.1, 0.15) is 65.4 Å². The number of benzene rings is 3. The van der Waals surface area contributed by atoms with Gasteiger partial charge < -0.3 is 9.47 Å². The lowest BCUT2D eigenvalue weighted by Crippen LogP contribution is -2.57. The van der Waals surface area contributed by atoms with Gasteiger partial charge in [0.05, 0.1) is 29.4 Å². The van der Waals surface area contributed by atoms with Crippen LogP contribution in [0.2, 0.25) is 0 Å². The molecular weight excluding hydrogens is 604 g/mol. The topological polar surface area (TPSA) is 93.2 Å². The van der Waals surface area contributed by atoms with E-state index in [1.165, 1.54) is 11.8 Å². The third kappa shape index (κ3) is 7.27. The lowest BCUT2D eigenvalue weighted by molar-refractivity contribution is -0.143. The molecule has 0 bridgehead atoms. The number of likely N-dealkylation sites (tertiary alicyclic amines) is 1. The van der Waals surface area contributed by atoms with E-state index in [2.05, 4.69) is 20.6 Å². The standard InChI is InChI=1S/C31H29F6N5O3/c1-20(23-14-25(30(32,33)34)16-26(15-23)31(35,36)37)45-19-29(24-10-6-3-7-11-24)13-12-22(27-38-40-41-39-27)17-42(29)28(43)44-18-21-8-4-2-5-9-21/h2-11,14-16,20,22H,12-13,17-19H2,1H3,(H,38,39,40,41)/t20?,22?,29-/m1/s1. The Morgan fingerprint density at radius 2 is 1.60 bits per heavy atom. The minimum atomic E-state index is -5.01. The molecule has 3 aromatic carbocycles. The molecule has 4 aromatic rings. The second-order valence-electron chi connectivity index (χ2n) is 10.8. The van der Waals surface area contributed by atoms with Crippen molar-refractivity contribution in [3.63, 3.8) is 0 Å². The molecule has 0 saturated carbocycles.